The van der Waals surface area contributed by atoms with Crippen molar-refractivity contribution in [2.75, 3.05) is 6.61 Å². The minimum Gasteiger partial charge on any atom is -0.458 e. The molecule has 1 atom stereocenters. The van der Waals surface area contributed by atoms with Gasteiger partial charge >= 0.3 is 11.9 Å². The molecule has 0 amide bonds. The summed E-state index contributed by atoms with van der Waals surface area (Å²) in [5.74, 6) is -2.01. The fraction of sp³-hybridized carbons (Fsp3) is 0.588. The van der Waals surface area contributed by atoms with E-state index in [-0.39, 0.29) is 17.8 Å². The summed E-state index contributed by atoms with van der Waals surface area (Å²) in [5, 5.41) is 0. The van der Waals surface area contributed by atoms with Gasteiger partial charge in [0.1, 0.15) is 6.10 Å². The molecule has 0 radical (unpaired) electrons. The van der Waals surface area contributed by atoms with Crippen molar-refractivity contribution < 1.29 is 23.9 Å². The SMILES string of the molecule is C=CCC(OC(=O)C(=O)OCC)C1=C(C)C(=O)CCC1(C)C. The smallest absolute Gasteiger partial charge is 0.418 e. The van der Waals surface area contributed by atoms with Crippen molar-refractivity contribution in [1.82, 2.24) is 0 Å². The summed E-state index contributed by atoms with van der Waals surface area (Å²) < 4.78 is 9.95. The summed E-state index contributed by atoms with van der Waals surface area (Å²) in [6.07, 6.45) is 2.44. The first-order chi connectivity index (χ1) is 10.2. The Morgan fingerprint density at radius 2 is 2.00 bits per heavy atom. The van der Waals surface area contributed by atoms with Crippen molar-refractivity contribution in [3.63, 3.8) is 0 Å². The zero-order valence-electron chi connectivity index (χ0n) is 13.7. The van der Waals surface area contributed by atoms with Gasteiger partial charge in [-0.05, 0) is 36.8 Å². The highest BCUT2D eigenvalue weighted by atomic mass is 16.6. The van der Waals surface area contributed by atoms with Gasteiger partial charge in [-0.25, -0.2) is 9.59 Å². The van der Waals surface area contributed by atoms with Crippen molar-refractivity contribution in [2.45, 2.75) is 53.1 Å². The number of rotatable bonds is 5. The zero-order valence-corrected chi connectivity index (χ0v) is 13.7. The molecule has 1 aliphatic rings. The second kappa shape index (κ2) is 7.38. The van der Waals surface area contributed by atoms with Gasteiger partial charge in [-0.1, -0.05) is 19.9 Å². The van der Waals surface area contributed by atoms with Crippen LogP contribution in [0.25, 0.3) is 0 Å². The maximum absolute atomic E-state index is 12.0. The Labute approximate surface area is 131 Å². The molecule has 22 heavy (non-hydrogen) atoms. The van der Waals surface area contributed by atoms with Crippen molar-refractivity contribution in [3.05, 3.63) is 23.8 Å². The molecule has 0 spiro atoms. The molecule has 0 N–H and O–H groups in total. The minimum atomic E-state index is -1.04. The van der Waals surface area contributed by atoms with Gasteiger partial charge in [0.2, 0.25) is 0 Å². The molecular formula is C17H24O5. The molecule has 1 aliphatic carbocycles. The fourth-order valence-electron chi connectivity index (χ4n) is 2.83. The van der Waals surface area contributed by atoms with Crippen molar-refractivity contribution >= 4 is 17.7 Å². The fourth-order valence-corrected chi connectivity index (χ4v) is 2.83. The number of Topliss-reactive ketones (excluding diaryl/α,β-unsaturated/α-hetero) is 1. The Bertz CT molecular complexity index is 513. The summed E-state index contributed by atoms with van der Waals surface area (Å²) >= 11 is 0. The second-order valence-electron chi connectivity index (χ2n) is 5.98. The monoisotopic (exact) mass is 308 g/mol. The number of ether oxygens (including phenoxy) is 2. The lowest BCUT2D eigenvalue weighted by molar-refractivity contribution is -0.170. The molecule has 0 aromatic carbocycles. The third kappa shape index (κ3) is 4.06. The molecule has 1 rings (SSSR count). The van der Waals surface area contributed by atoms with E-state index in [0.717, 1.165) is 5.57 Å². The topological polar surface area (TPSA) is 69.7 Å². The first kappa shape index (κ1) is 18.1. The van der Waals surface area contributed by atoms with Gasteiger partial charge in [-0.3, -0.25) is 4.79 Å². The third-order valence-electron chi connectivity index (χ3n) is 3.92. The van der Waals surface area contributed by atoms with Crippen LogP contribution in [0.2, 0.25) is 0 Å². The van der Waals surface area contributed by atoms with Gasteiger partial charge in [0.15, 0.2) is 5.78 Å². The highest BCUT2D eigenvalue weighted by Crippen LogP contribution is 2.42. The van der Waals surface area contributed by atoms with E-state index in [4.69, 9.17) is 4.74 Å². The standard InChI is InChI=1S/C17H24O5/c1-6-8-13(22-16(20)15(19)21-7-2)14-11(3)12(18)9-10-17(14,4)5/h6,13H,1,7-10H2,2-5H3. The Balaban J connectivity index is 3.10. The van der Waals surface area contributed by atoms with Crippen LogP contribution < -0.4 is 0 Å². The van der Waals surface area contributed by atoms with Crippen molar-refractivity contribution in [1.29, 1.82) is 0 Å². The van der Waals surface area contributed by atoms with E-state index in [1.54, 1.807) is 19.9 Å². The first-order valence-corrected chi connectivity index (χ1v) is 7.47. The van der Waals surface area contributed by atoms with Crippen LogP contribution in [0.5, 0.6) is 0 Å². The van der Waals surface area contributed by atoms with Crippen LogP contribution in [-0.4, -0.2) is 30.4 Å². The van der Waals surface area contributed by atoms with E-state index in [9.17, 15) is 14.4 Å². The summed E-state index contributed by atoms with van der Waals surface area (Å²) in [6, 6.07) is 0. The average molecular weight is 308 g/mol. The van der Waals surface area contributed by atoms with E-state index in [0.29, 0.717) is 24.8 Å². The number of hydrogen-bond donors (Lipinski definition) is 0. The minimum absolute atomic E-state index is 0.0515. The lowest BCUT2D eigenvalue weighted by Gasteiger charge is -2.37. The Hall–Kier alpha value is -1.91. The van der Waals surface area contributed by atoms with Gasteiger partial charge in [0.05, 0.1) is 6.61 Å². The van der Waals surface area contributed by atoms with Crippen LogP contribution in [0.1, 0.15) is 47.0 Å². The predicted molar refractivity (Wildman–Crippen MR) is 82.0 cm³/mol. The van der Waals surface area contributed by atoms with E-state index in [1.165, 1.54) is 0 Å². The normalized spacial score (nSPS) is 18.6. The van der Waals surface area contributed by atoms with Crippen LogP contribution in [0.4, 0.5) is 0 Å². The molecule has 0 heterocycles. The zero-order chi connectivity index (χ0) is 16.9. The van der Waals surface area contributed by atoms with Crippen LogP contribution in [-0.2, 0) is 23.9 Å². The molecule has 1 unspecified atom stereocenters. The van der Waals surface area contributed by atoms with Gasteiger partial charge in [0.25, 0.3) is 0 Å². The number of carbonyl (C=O) groups is 3. The summed E-state index contributed by atoms with van der Waals surface area (Å²) in [6.45, 7) is 11.1. The summed E-state index contributed by atoms with van der Waals surface area (Å²) in [4.78, 5) is 35.3. The Kier molecular flexibility index (Phi) is 6.09. The number of ketones is 1. The van der Waals surface area contributed by atoms with E-state index >= 15 is 0 Å². The van der Waals surface area contributed by atoms with Gasteiger partial charge < -0.3 is 9.47 Å². The Morgan fingerprint density at radius 3 is 2.55 bits per heavy atom. The average Bonchev–Trinajstić information content (AvgIpc) is 2.43. The molecule has 0 saturated carbocycles. The first-order valence-electron chi connectivity index (χ1n) is 7.47. The Morgan fingerprint density at radius 1 is 1.36 bits per heavy atom. The molecule has 0 fully saturated rings. The molecular weight excluding hydrogens is 284 g/mol. The van der Waals surface area contributed by atoms with E-state index in [1.807, 2.05) is 13.8 Å². The lowest BCUT2D eigenvalue weighted by atomic mass is 9.70. The van der Waals surface area contributed by atoms with Gasteiger partial charge in [0, 0.05) is 12.8 Å². The van der Waals surface area contributed by atoms with Crippen LogP contribution in [0.15, 0.2) is 23.8 Å². The second-order valence-corrected chi connectivity index (χ2v) is 5.98. The summed E-state index contributed by atoms with van der Waals surface area (Å²) in [5.41, 5.74) is 1.10. The molecule has 5 nitrogen and oxygen atoms in total. The molecule has 5 heteroatoms. The van der Waals surface area contributed by atoms with Crippen LogP contribution in [0.3, 0.4) is 0 Å². The number of esters is 2. The van der Waals surface area contributed by atoms with Crippen molar-refractivity contribution in [2.24, 2.45) is 5.41 Å². The van der Waals surface area contributed by atoms with Gasteiger partial charge in [-0.2, -0.15) is 0 Å². The molecule has 0 bridgehead atoms. The van der Waals surface area contributed by atoms with E-state index < -0.39 is 18.0 Å². The van der Waals surface area contributed by atoms with Crippen LogP contribution in [0, 0.1) is 5.41 Å². The molecule has 0 aromatic heterocycles. The maximum atomic E-state index is 12.0. The number of hydrogen-bond acceptors (Lipinski definition) is 5. The molecule has 0 aliphatic heterocycles. The number of allylic oxidation sites excluding steroid dienone is 1. The van der Waals surface area contributed by atoms with E-state index in [2.05, 4.69) is 11.3 Å². The summed E-state index contributed by atoms with van der Waals surface area (Å²) in [7, 11) is 0. The predicted octanol–water partition coefficient (Wildman–Crippen LogP) is 2.74. The maximum Gasteiger partial charge on any atom is 0.418 e. The highest BCUT2D eigenvalue weighted by Gasteiger charge is 2.38. The highest BCUT2D eigenvalue weighted by molar-refractivity contribution is 6.29. The molecule has 0 aromatic rings. The lowest BCUT2D eigenvalue weighted by Crippen LogP contribution is -2.36. The quantitative estimate of drug-likeness (QED) is 0.444. The van der Waals surface area contributed by atoms with Crippen molar-refractivity contribution in [3.8, 4) is 0 Å². The molecule has 0 saturated heterocycles. The number of carbonyl (C=O) groups excluding carboxylic acids is 3. The van der Waals surface area contributed by atoms with Gasteiger partial charge in [-0.15, -0.1) is 6.58 Å². The van der Waals surface area contributed by atoms with Crippen LogP contribution >= 0.6 is 0 Å². The molecule has 122 valence electrons. The third-order valence-corrected chi connectivity index (χ3v) is 3.92. The largest absolute Gasteiger partial charge is 0.458 e.